The summed E-state index contributed by atoms with van der Waals surface area (Å²) in [5, 5.41) is 29.9. The summed E-state index contributed by atoms with van der Waals surface area (Å²) in [5.74, 6) is -0.139. The number of nitro groups is 2. The van der Waals surface area contributed by atoms with Crippen molar-refractivity contribution in [1.82, 2.24) is 10.2 Å². The second-order valence-electron chi connectivity index (χ2n) is 5.60. The van der Waals surface area contributed by atoms with Gasteiger partial charge in [0.1, 0.15) is 17.2 Å². The second-order valence-corrected chi connectivity index (χ2v) is 5.60. The largest absolute Gasteiger partial charge is 0.497 e. The predicted molar refractivity (Wildman–Crippen MR) is 99.4 cm³/mol. The highest BCUT2D eigenvalue weighted by Gasteiger charge is 2.18. The minimum Gasteiger partial charge on any atom is -0.497 e. The maximum absolute atomic E-state index is 12.2. The summed E-state index contributed by atoms with van der Waals surface area (Å²) in [7, 11) is 1.51. The van der Waals surface area contributed by atoms with Gasteiger partial charge >= 0.3 is 5.82 Å². The monoisotopic (exact) mass is 399 g/mol. The molecule has 0 aliphatic heterocycles. The van der Waals surface area contributed by atoms with Crippen molar-refractivity contribution in [3.63, 3.8) is 0 Å². The molecule has 2 N–H and O–H groups in total. The van der Waals surface area contributed by atoms with Crippen LogP contribution in [-0.4, -0.2) is 33.1 Å². The number of carbonyl (C=O) groups is 1. The van der Waals surface area contributed by atoms with Crippen molar-refractivity contribution in [2.75, 3.05) is 12.4 Å². The van der Waals surface area contributed by atoms with Gasteiger partial charge < -0.3 is 24.9 Å². The molecule has 0 aliphatic rings. The predicted octanol–water partition coefficient (Wildman–Crippen LogP) is 3.28. The fourth-order valence-corrected chi connectivity index (χ4v) is 2.32. The topological polar surface area (TPSA) is 163 Å². The van der Waals surface area contributed by atoms with Gasteiger partial charge in [-0.2, -0.15) is 0 Å². The van der Waals surface area contributed by atoms with Crippen LogP contribution >= 0.6 is 0 Å². The number of methoxy groups -OCH3 is 1. The lowest BCUT2D eigenvalue weighted by Crippen LogP contribution is -2.12. The number of nitro benzene ring substituents is 1. The number of ether oxygens (including phenoxy) is 2. The van der Waals surface area contributed by atoms with Gasteiger partial charge in [-0.05, 0) is 29.2 Å². The van der Waals surface area contributed by atoms with Gasteiger partial charge in [0.05, 0.1) is 29.9 Å². The highest BCUT2D eigenvalue weighted by atomic mass is 16.6. The summed E-state index contributed by atoms with van der Waals surface area (Å²) >= 11 is 0. The fourth-order valence-electron chi connectivity index (χ4n) is 2.32. The minimum absolute atomic E-state index is 0.0540. The molecule has 12 nitrogen and oxygen atoms in total. The zero-order chi connectivity index (χ0) is 21.0. The highest BCUT2D eigenvalue weighted by molar-refractivity contribution is 6.03. The van der Waals surface area contributed by atoms with Crippen LogP contribution in [0.5, 0.6) is 17.2 Å². The lowest BCUT2D eigenvalue weighted by Gasteiger charge is -2.09. The first-order valence-corrected chi connectivity index (χ1v) is 7.98. The first kappa shape index (κ1) is 19.3. The number of hydrogen-bond acceptors (Lipinski definition) is 8. The Morgan fingerprint density at radius 1 is 1.00 bits per heavy atom. The van der Waals surface area contributed by atoms with E-state index >= 15 is 0 Å². The van der Waals surface area contributed by atoms with Crippen LogP contribution in [0, 0.1) is 20.2 Å². The van der Waals surface area contributed by atoms with Crippen LogP contribution < -0.4 is 14.8 Å². The fraction of sp³-hybridized carbons (Fsp3) is 0.0588. The van der Waals surface area contributed by atoms with Gasteiger partial charge in [0.25, 0.3) is 11.6 Å². The molecule has 3 aromatic rings. The van der Waals surface area contributed by atoms with Gasteiger partial charge in [0.2, 0.25) is 0 Å². The van der Waals surface area contributed by atoms with Crippen molar-refractivity contribution in [2.45, 2.75) is 0 Å². The number of aromatic nitrogens is 2. The van der Waals surface area contributed by atoms with Crippen LogP contribution in [0.3, 0.4) is 0 Å². The first-order chi connectivity index (χ1) is 13.9. The smallest absolute Gasteiger partial charge is 0.343 e. The summed E-state index contributed by atoms with van der Waals surface area (Å²) in [4.78, 5) is 32.7. The van der Waals surface area contributed by atoms with Gasteiger partial charge in [0, 0.05) is 12.1 Å². The molecule has 1 amide bonds. The Hall–Kier alpha value is -4.48. The standard InChI is InChI=1S/C17H13N5O7/c1-28-12-2-4-13(5-3-12)29-14-7-10(6-11(8-14)21(24)25)18-17(23)15-9-16(20-19-15)22(26)27/h2-9H,1H3,(H,18,23)(H,19,20). The Balaban J connectivity index is 1.84. The molecular weight excluding hydrogens is 386 g/mol. The highest BCUT2D eigenvalue weighted by Crippen LogP contribution is 2.30. The molecule has 0 bridgehead atoms. The van der Waals surface area contributed by atoms with E-state index in [4.69, 9.17) is 9.47 Å². The number of H-pyrrole nitrogens is 1. The Morgan fingerprint density at radius 3 is 2.28 bits per heavy atom. The second kappa shape index (κ2) is 8.04. The van der Waals surface area contributed by atoms with E-state index in [0.717, 1.165) is 12.1 Å². The third-order valence-corrected chi connectivity index (χ3v) is 3.65. The van der Waals surface area contributed by atoms with Crippen molar-refractivity contribution >= 4 is 23.1 Å². The van der Waals surface area contributed by atoms with E-state index < -0.39 is 21.6 Å². The summed E-state index contributed by atoms with van der Waals surface area (Å²) in [6.07, 6.45) is 0. The minimum atomic E-state index is -0.787. The molecule has 0 aliphatic carbocycles. The number of nitrogens with one attached hydrogen (secondary N) is 2. The van der Waals surface area contributed by atoms with Gasteiger partial charge in [-0.1, -0.05) is 5.10 Å². The molecule has 29 heavy (non-hydrogen) atoms. The van der Waals surface area contributed by atoms with E-state index in [9.17, 15) is 25.0 Å². The number of carbonyl (C=O) groups excluding carboxylic acids is 1. The third kappa shape index (κ3) is 4.63. The number of rotatable bonds is 7. The lowest BCUT2D eigenvalue weighted by atomic mass is 10.2. The molecule has 0 unspecified atom stereocenters. The molecule has 0 radical (unpaired) electrons. The van der Waals surface area contributed by atoms with Crippen LogP contribution in [0.2, 0.25) is 0 Å². The van der Waals surface area contributed by atoms with E-state index in [2.05, 4.69) is 15.5 Å². The molecule has 0 fully saturated rings. The zero-order valence-corrected chi connectivity index (χ0v) is 14.8. The molecule has 0 spiro atoms. The average molecular weight is 399 g/mol. The number of amides is 1. The van der Waals surface area contributed by atoms with Crippen molar-refractivity contribution in [2.24, 2.45) is 0 Å². The summed E-state index contributed by atoms with van der Waals surface area (Å²) in [6, 6.07) is 11.2. The van der Waals surface area contributed by atoms with E-state index in [0.29, 0.717) is 11.5 Å². The average Bonchev–Trinajstić information content (AvgIpc) is 3.19. The Morgan fingerprint density at radius 2 is 1.69 bits per heavy atom. The number of hydrogen-bond donors (Lipinski definition) is 2. The van der Waals surface area contributed by atoms with Crippen molar-refractivity contribution in [3.8, 4) is 17.2 Å². The first-order valence-electron chi connectivity index (χ1n) is 7.98. The van der Waals surface area contributed by atoms with Gasteiger partial charge in [-0.25, -0.2) is 0 Å². The molecular formula is C17H13N5O7. The molecule has 2 aromatic carbocycles. The van der Waals surface area contributed by atoms with E-state index in [1.807, 2.05) is 0 Å². The lowest BCUT2D eigenvalue weighted by molar-refractivity contribution is -0.389. The quantitative estimate of drug-likeness (QED) is 0.451. The summed E-state index contributed by atoms with van der Waals surface area (Å²) in [6.45, 7) is 0. The maximum Gasteiger partial charge on any atom is 0.343 e. The van der Waals surface area contributed by atoms with Crippen LogP contribution in [-0.2, 0) is 0 Å². The zero-order valence-electron chi connectivity index (χ0n) is 14.8. The molecule has 1 heterocycles. The number of nitrogens with zero attached hydrogens (tertiary/aromatic N) is 3. The Labute approximate surface area is 162 Å². The van der Waals surface area contributed by atoms with Crippen LogP contribution in [0.4, 0.5) is 17.2 Å². The van der Waals surface area contributed by atoms with Crippen molar-refractivity contribution < 1.29 is 24.1 Å². The molecule has 0 saturated heterocycles. The van der Waals surface area contributed by atoms with Gasteiger partial charge in [0.15, 0.2) is 5.69 Å². The molecule has 0 atom stereocenters. The van der Waals surface area contributed by atoms with E-state index in [1.54, 1.807) is 24.3 Å². The van der Waals surface area contributed by atoms with Crippen LogP contribution in [0.1, 0.15) is 10.5 Å². The third-order valence-electron chi connectivity index (χ3n) is 3.65. The van der Waals surface area contributed by atoms with Crippen molar-refractivity contribution in [3.05, 3.63) is 74.5 Å². The van der Waals surface area contributed by atoms with E-state index in [-0.39, 0.29) is 22.8 Å². The van der Waals surface area contributed by atoms with Gasteiger partial charge in [-0.3, -0.25) is 14.9 Å². The number of non-ortho nitro benzene ring substituents is 1. The normalized spacial score (nSPS) is 10.2. The summed E-state index contributed by atoms with van der Waals surface area (Å²) < 4.78 is 10.7. The van der Waals surface area contributed by atoms with Crippen LogP contribution in [0.25, 0.3) is 0 Å². The number of aromatic amines is 1. The Kier molecular flexibility index (Phi) is 5.35. The Bertz CT molecular complexity index is 1080. The van der Waals surface area contributed by atoms with Crippen molar-refractivity contribution in [1.29, 1.82) is 0 Å². The van der Waals surface area contributed by atoms with Gasteiger partial charge in [-0.15, -0.1) is 5.10 Å². The molecule has 12 heteroatoms. The summed E-state index contributed by atoms with van der Waals surface area (Å²) in [5.41, 5.74) is -0.515. The van der Waals surface area contributed by atoms with Crippen LogP contribution in [0.15, 0.2) is 48.5 Å². The molecule has 148 valence electrons. The molecule has 0 saturated carbocycles. The maximum atomic E-state index is 12.2. The SMILES string of the molecule is COc1ccc(Oc2cc(NC(=O)c3cc([N+](=O)[O-])[nH]n3)cc([N+](=O)[O-])c2)cc1. The number of anilines is 1. The molecule has 3 rings (SSSR count). The molecule has 1 aromatic heterocycles. The van der Waals surface area contributed by atoms with E-state index in [1.165, 1.54) is 19.2 Å². The number of benzene rings is 2.